The quantitative estimate of drug-likeness (QED) is 0.808. The van der Waals surface area contributed by atoms with Gasteiger partial charge >= 0.3 is 0 Å². The van der Waals surface area contributed by atoms with Crippen LogP contribution >= 0.6 is 0 Å². The summed E-state index contributed by atoms with van der Waals surface area (Å²) in [4.78, 5) is 13.6. The molecule has 0 aromatic heterocycles. The van der Waals surface area contributed by atoms with Gasteiger partial charge < -0.3 is 10.0 Å². The van der Waals surface area contributed by atoms with Gasteiger partial charge in [0.25, 0.3) is 5.91 Å². The molecule has 0 bridgehead atoms. The lowest BCUT2D eigenvalue weighted by atomic mass is 10.1. The number of hydrogen-bond acceptors (Lipinski definition) is 2. The summed E-state index contributed by atoms with van der Waals surface area (Å²) in [6.45, 7) is 4.18. The summed E-state index contributed by atoms with van der Waals surface area (Å²) in [6.07, 6.45) is 0.563. The molecular weight excluding hydrogens is 221 g/mol. The molecule has 1 saturated heterocycles. The van der Waals surface area contributed by atoms with Crippen LogP contribution in [0.2, 0.25) is 0 Å². The van der Waals surface area contributed by atoms with Crippen LogP contribution in [0.15, 0.2) is 18.2 Å². The van der Waals surface area contributed by atoms with E-state index in [4.69, 9.17) is 0 Å². The molecule has 1 atom stereocenters. The van der Waals surface area contributed by atoms with E-state index < -0.39 is 5.60 Å². The first-order valence-electron chi connectivity index (χ1n) is 5.67. The standard InChI is InChI=1S/C13H16FNO2/c1-9-3-4-10(7-11(9)14)12(16)15-6-5-13(2,17)8-15/h3-4,7,17H,5-6,8H2,1-2H3. The van der Waals surface area contributed by atoms with E-state index in [1.807, 2.05) is 0 Å². The summed E-state index contributed by atoms with van der Waals surface area (Å²) in [5.74, 6) is -0.594. The minimum absolute atomic E-state index is 0.221. The molecule has 0 radical (unpaired) electrons. The van der Waals surface area contributed by atoms with E-state index in [0.717, 1.165) is 0 Å². The van der Waals surface area contributed by atoms with Crippen molar-refractivity contribution in [1.29, 1.82) is 0 Å². The molecule has 1 fully saturated rings. The fourth-order valence-electron chi connectivity index (χ4n) is 2.03. The Bertz CT molecular complexity index is 457. The molecule has 4 heteroatoms. The largest absolute Gasteiger partial charge is 0.388 e. The van der Waals surface area contributed by atoms with Crippen LogP contribution in [0.1, 0.15) is 29.3 Å². The first-order chi connectivity index (χ1) is 7.89. The average Bonchev–Trinajstić information content (AvgIpc) is 2.62. The van der Waals surface area contributed by atoms with Crippen LogP contribution in [0.25, 0.3) is 0 Å². The van der Waals surface area contributed by atoms with E-state index in [0.29, 0.717) is 30.6 Å². The third-order valence-corrected chi connectivity index (χ3v) is 3.16. The third-order valence-electron chi connectivity index (χ3n) is 3.16. The molecule has 1 aliphatic heterocycles. The van der Waals surface area contributed by atoms with Crippen molar-refractivity contribution >= 4 is 5.91 Å². The summed E-state index contributed by atoms with van der Waals surface area (Å²) >= 11 is 0. The Kier molecular flexibility index (Phi) is 2.91. The van der Waals surface area contributed by atoms with Gasteiger partial charge in [-0.15, -0.1) is 0 Å². The second kappa shape index (κ2) is 4.11. The lowest BCUT2D eigenvalue weighted by Crippen LogP contribution is -2.33. The summed E-state index contributed by atoms with van der Waals surface area (Å²) in [6, 6.07) is 4.47. The number of nitrogens with zero attached hydrogens (tertiary/aromatic N) is 1. The summed E-state index contributed by atoms with van der Waals surface area (Å²) < 4.78 is 13.4. The monoisotopic (exact) mass is 237 g/mol. The smallest absolute Gasteiger partial charge is 0.254 e. The Morgan fingerprint density at radius 1 is 1.53 bits per heavy atom. The SMILES string of the molecule is Cc1ccc(C(=O)N2CCC(C)(O)C2)cc1F. The van der Waals surface area contributed by atoms with Crippen molar-refractivity contribution < 1.29 is 14.3 Å². The van der Waals surface area contributed by atoms with Crippen molar-refractivity contribution in [3.8, 4) is 0 Å². The van der Waals surface area contributed by atoms with E-state index in [9.17, 15) is 14.3 Å². The fourth-order valence-corrected chi connectivity index (χ4v) is 2.03. The molecular formula is C13H16FNO2. The topological polar surface area (TPSA) is 40.5 Å². The Morgan fingerprint density at radius 3 is 2.76 bits per heavy atom. The zero-order chi connectivity index (χ0) is 12.6. The van der Waals surface area contributed by atoms with Crippen LogP contribution in [0.4, 0.5) is 4.39 Å². The highest BCUT2D eigenvalue weighted by atomic mass is 19.1. The molecule has 17 heavy (non-hydrogen) atoms. The molecule has 3 nitrogen and oxygen atoms in total. The molecule has 2 rings (SSSR count). The zero-order valence-electron chi connectivity index (χ0n) is 10.0. The molecule has 92 valence electrons. The van der Waals surface area contributed by atoms with Gasteiger partial charge in [0.2, 0.25) is 0 Å². The van der Waals surface area contributed by atoms with E-state index in [2.05, 4.69) is 0 Å². The van der Waals surface area contributed by atoms with Crippen LogP contribution in [-0.2, 0) is 0 Å². The minimum Gasteiger partial charge on any atom is -0.388 e. The number of likely N-dealkylation sites (tertiary alicyclic amines) is 1. The number of rotatable bonds is 1. The predicted octanol–water partition coefficient (Wildman–Crippen LogP) is 1.73. The second-order valence-corrected chi connectivity index (χ2v) is 4.94. The number of β-amino-alcohol motifs (C(OH)–C–C–N with tert-alkyl or cyclic N) is 1. The maximum absolute atomic E-state index is 13.4. The average molecular weight is 237 g/mol. The number of carbonyl (C=O) groups is 1. The Balaban J connectivity index is 2.18. The van der Waals surface area contributed by atoms with Crippen LogP contribution in [0.5, 0.6) is 0 Å². The van der Waals surface area contributed by atoms with Crippen molar-refractivity contribution in [2.24, 2.45) is 0 Å². The number of carbonyl (C=O) groups excluding carboxylic acids is 1. The lowest BCUT2D eigenvalue weighted by molar-refractivity contribution is 0.0572. The number of amides is 1. The van der Waals surface area contributed by atoms with Crippen LogP contribution < -0.4 is 0 Å². The summed E-state index contributed by atoms with van der Waals surface area (Å²) in [5.41, 5.74) is 0.0413. The van der Waals surface area contributed by atoms with Crippen molar-refractivity contribution in [1.82, 2.24) is 4.90 Å². The fraction of sp³-hybridized carbons (Fsp3) is 0.462. The zero-order valence-corrected chi connectivity index (χ0v) is 10.0. The highest BCUT2D eigenvalue weighted by Gasteiger charge is 2.34. The van der Waals surface area contributed by atoms with E-state index in [-0.39, 0.29) is 11.7 Å². The van der Waals surface area contributed by atoms with Crippen molar-refractivity contribution in [3.05, 3.63) is 35.1 Å². The summed E-state index contributed by atoms with van der Waals surface area (Å²) in [5, 5.41) is 9.79. The molecule has 0 spiro atoms. The van der Waals surface area contributed by atoms with Gasteiger partial charge in [-0.25, -0.2) is 4.39 Å². The maximum atomic E-state index is 13.4. The van der Waals surface area contributed by atoms with Gasteiger partial charge in [0.1, 0.15) is 5.82 Å². The molecule has 1 heterocycles. The minimum atomic E-state index is -0.821. The Hall–Kier alpha value is -1.42. The number of aliphatic hydroxyl groups is 1. The van der Waals surface area contributed by atoms with Gasteiger partial charge in [-0.05, 0) is 38.0 Å². The van der Waals surface area contributed by atoms with Crippen molar-refractivity contribution in [2.75, 3.05) is 13.1 Å². The van der Waals surface area contributed by atoms with E-state index in [1.165, 1.54) is 6.07 Å². The number of halogens is 1. The van der Waals surface area contributed by atoms with Crippen LogP contribution in [0.3, 0.4) is 0 Å². The molecule has 1 amide bonds. The Labute approximate surface area is 99.9 Å². The highest BCUT2D eigenvalue weighted by molar-refractivity contribution is 5.94. The number of hydrogen-bond donors (Lipinski definition) is 1. The molecule has 1 aliphatic rings. The molecule has 1 N–H and O–H groups in total. The van der Waals surface area contributed by atoms with Crippen molar-refractivity contribution in [2.45, 2.75) is 25.9 Å². The molecule has 1 aromatic carbocycles. The van der Waals surface area contributed by atoms with Gasteiger partial charge in [0.05, 0.1) is 5.60 Å². The van der Waals surface area contributed by atoms with Gasteiger partial charge in [-0.1, -0.05) is 6.07 Å². The molecule has 1 aromatic rings. The number of benzene rings is 1. The maximum Gasteiger partial charge on any atom is 0.254 e. The molecule has 0 saturated carbocycles. The van der Waals surface area contributed by atoms with Gasteiger partial charge in [-0.3, -0.25) is 4.79 Å². The highest BCUT2D eigenvalue weighted by Crippen LogP contribution is 2.22. The third kappa shape index (κ3) is 2.47. The molecule has 0 aliphatic carbocycles. The lowest BCUT2D eigenvalue weighted by Gasteiger charge is -2.19. The van der Waals surface area contributed by atoms with E-state index >= 15 is 0 Å². The predicted molar refractivity (Wildman–Crippen MR) is 62.3 cm³/mol. The van der Waals surface area contributed by atoms with Gasteiger partial charge in [0, 0.05) is 18.7 Å². The van der Waals surface area contributed by atoms with Crippen molar-refractivity contribution in [3.63, 3.8) is 0 Å². The first-order valence-corrected chi connectivity index (χ1v) is 5.67. The first kappa shape index (κ1) is 12.0. The van der Waals surface area contributed by atoms with Crippen LogP contribution in [0, 0.1) is 12.7 Å². The summed E-state index contributed by atoms with van der Waals surface area (Å²) in [7, 11) is 0. The second-order valence-electron chi connectivity index (χ2n) is 4.94. The van der Waals surface area contributed by atoms with Gasteiger partial charge in [-0.2, -0.15) is 0 Å². The Morgan fingerprint density at radius 2 is 2.24 bits per heavy atom. The normalized spacial score (nSPS) is 24.1. The van der Waals surface area contributed by atoms with E-state index in [1.54, 1.807) is 30.9 Å². The van der Waals surface area contributed by atoms with Crippen LogP contribution in [-0.4, -0.2) is 34.6 Å². The van der Waals surface area contributed by atoms with Gasteiger partial charge in [0.15, 0.2) is 0 Å². The molecule has 1 unspecified atom stereocenters. The number of aryl methyl sites for hydroxylation is 1.